The van der Waals surface area contributed by atoms with Gasteiger partial charge in [-0.2, -0.15) is 0 Å². The highest BCUT2D eigenvalue weighted by atomic mass is 28.3. The largest absolute Gasteiger partial charge is 0.369 e. The molecule has 0 aliphatic heterocycles. The summed E-state index contributed by atoms with van der Waals surface area (Å²) in [6.07, 6.45) is 0. The Kier molecular flexibility index (Phi) is 13.4. The lowest BCUT2D eigenvalue weighted by molar-refractivity contribution is 0.0950. The fourth-order valence-corrected chi connectivity index (χ4v) is 21.9. The lowest BCUT2D eigenvalue weighted by atomic mass is 9.67. The van der Waals surface area contributed by atoms with E-state index < -0.39 is 43.5 Å². The Labute approximate surface area is 368 Å². The molecule has 0 saturated carbocycles. The van der Waals surface area contributed by atoms with E-state index in [1.165, 1.54) is 0 Å². The first kappa shape index (κ1) is 47.5. The third-order valence-corrected chi connectivity index (χ3v) is 27.7. The van der Waals surface area contributed by atoms with Crippen LogP contribution >= 0.6 is 0 Å². The molecule has 316 valence electrons. The Morgan fingerprint density at radius 3 is 0.900 bits per heavy atom. The fourth-order valence-electron chi connectivity index (χ4n) is 10.3. The van der Waals surface area contributed by atoms with Crippen LogP contribution in [-0.4, -0.2) is 42.5 Å². The quantitative estimate of drug-likeness (QED) is 0.150. The van der Waals surface area contributed by atoms with Crippen LogP contribution in [0.4, 0.5) is 0 Å². The summed E-state index contributed by atoms with van der Waals surface area (Å²) in [4.78, 5) is 0. The van der Waals surface area contributed by atoms with Gasteiger partial charge in [0.1, 0.15) is 32.3 Å². The average Bonchev–Trinajstić information content (AvgIpc) is 3.13. The van der Waals surface area contributed by atoms with Crippen LogP contribution in [0.15, 0.2) is 60.7 Å². The molecule has 4 aromatic rings. The summed E-state index contributed by atoms with van der Waals surface area (Å²) in [5.41, 5.74) is 18.9. The smallest absolute Gasteiger partial charge is 0.177 e. The van der Waals surface area contributed by atoms with Crippen LogP contribution in [0.1, 0.15) is 116 Å². The van der Waals surface area contributed by atoms with Gasteiger partial charge in [0.25, 0.3) is 0 Å². The van der Waals surface area contributed by atoms with Crippen LogP contribution in [0.3, 0.4) is 0 Å². The van der Waals surface area contributed by atoms with Crippen molar-refractivity contribution < 1.29 is 10.2 Å². The van der Waals surface area contributed by atoms with Crippen LogP contribution in [0.2, 0.25) is 72.5 Å². The van der Waals surface area contributed by atoms with Crippen LogP contribution < -0.4 is 0 Å². The molecule has 0 fully saturated rings. The van der Waals surface area contributed by atoms with E-state index in [1.807, 2.05) is 24.3 Å². The Hall–Kier alpha value is -3.57. The van der Waals surface area contributed by atoms with Crippen molar-refractivity contribution in [2.75, 3.05) is 0 Å². The Bertz CT molecular complexity index is 2330. The molecule has 0 bridgehead atoms. The van der Waals surface area contributed by atoms with Gasteiger partial charge in [-0.25, -0.2) is 0 Å². The van der Waals surface area contributed by atoms with Crippen LogP contribution in [0.25, 0.3) is 21.5 Å². The molecule has 60 heavy (non-hydrogen) atoms. The van der Waals surface area contributed by atoms with Gasteiger partial charge in [-0.3, -0.25) is 0 Å². The second-order valence-corrected chi connectivity index (χ2v) is 42.3. The van der Waals surface area contributed by atoms with Gasteiger partial charge in [0, 0.05) is 33.4 Å². The predicted octanol–water partition coefficient (Wildman–Crippen LogP) is 13.7. The molecule has 4 aromatic carbocycles. The molecule has 0 radical (unpaired) electrons. The predicted molar refractivity (Wildman–Crippen MR) is 272 cm³/mol. The number of rotatable bonds is 6. The summed E-state index contributed by atoms with van der Waals surface area (Å²) in [5.74, 6) is 14.2. The third-order valence-electron chi connectivity index (χ3n) is 13.3. The third kappa shape index (κ3) is 8.86. The van der Waals surface area contributed by atoms with Gasteiger partial charge < -0.3 is 10.2 Å². The van der Waals surface area contributed by atoms with Crippen molar-refractivity contribution in [3.63, 3.8) is 0 Å². The van der Waals surface area contributed by atoms with Crippen molar-refractivity contribution in [2.24, 2.45) is 0 Å². The number of benzene rings is 4. The van der Waals surface area contributed by atoms with Gasteiger partial charge >= 0.3 is 0 Å². The van der Waals surface area contributed by atoms with E-state index in [9.17, 15) is 10.2 Å². The molecule has 0 saturated heterocycles. The second-order valence-electron chi connectivity index (χ2n) is 21.6. The van der Waals surface area contributed by atoms with Gasteiger partial charge in [-0.15, -0.1) is 22.2 Å². The average molecular weight is 866 g/mol. The van der Waals surface area contributed by atoms with Crippen LogP contribution in [0.5, 0.6) is 0 Å². The van der Waals surface area contributed by atoms with Gasteiger partial charge in [-0.1, -0.05) is 158 Å². The maximum Gasteiger partial charge on any atom is 0.177 e. The molecule has 0 aromatic heterocycles. The summed E-state index contributed by atoms with van der Waals surface area (Å²) in [6, 6.07) is 20.9. The summed E-state index contributed by atoms with van der Waals surface area (Å²) in [7, 11) is -7.85. The second kappa shape index (κ2) is 16.9. The zero-order valence-corrected chi connectivity index (χ0v) is 44.1. The molecular formula is C54H72O2Si4. The summed E-state index contributed by atoms with van der Waals surface area (Å²) < 4.78 is 0. The van der Waals surface area contributed by atoms with E-state index in [0.717, 1.165) is 32.7 Å². The van der Waals surface area contributed by atoms with Gasteiger partial charge in [0.2, 0.25) is 0 Å². The maximum absolute atomic E-state index is 13.3. The zero-order chi connectivity index (χ0) is 45.0. The van der Waals surface area contributed by atoms with Crippen molar-refractivity contribution >= 4 is 53.8 Å². The molecule has 2 N–H and O–H groups in total. The minimum absolute atomic E-state index is 0.531. The highest BCUT2D eigenvalue weighted by molar-refractivity contribution is 6.91. The summed E-state index contributed by atoms with van der Waals surface area (Å²) in [5, 5.41) is 30.5. The lowest BCUT2D eigenvalue weighted by Crippen LogP contribution is -2.43. The van der Waals surface area contributed by atoms with E-state index >= 15 is 0 Å². The van der Waals surface area contributed by atoms with Gasteiger partial charge in [0.15, 0.2) is 11.2 Å². The van der Waals surface area contributed by atoms with Gasteiger partial charge in [-0.05, 0) is 103 Å². The van der Waals surface area contributed by atoms with Crippen molar-refractivity contribution in [1.82, 2.24) is 0 Å². The highest BCUT2D eigenvalue weighted by Crippen LogP contribution is 2.50. The highest BCUT2D eigenvalue weighted by Gasteiger charge is 2.49. The monoisotopic (exact) mass is 864 g/mol. The molecule has 0 heterocycles. The number of aliphatic hydroxyl groups is 2. The van der Waals surface area contributed by atoms with E-state index in [0.29, 0.717) is 55.5 Å². The minimum atomic E-state index is -1.97. The van der Waals surface area contributed by atoms with Crippen molar-refractivity contribution in [3.8, 4) is 45.9 Å². The van der Waals surface area contributed by atoms with E-state index in [-0.39, 0.29) is 0 Å². The molecule has 2 atom stereocenters. The SMILES string of the molecule is CC(C)[Si](C#Cc1ccc2cc3c(cc2c1)C(O)(C#C[Si](C)(C)C)c1cc2ccc(C#C[Si](C(C)C)(C(C)C)C(C)C)cc2cc1C3(O)C#C[Si](C)(C)C)(C(C)C)C(C)C. The molecular weight excluding hydrogens is 793 g/mol. The number of hydrogen-bond acceptors (Lipinski definition) is 2. The standard InChI is InChI=1S/C54H72O2Si4/c1-37(2)59(38(3)4,39(5)6)27-23-43-19-21-45-33-49-51(35-47(45)31-43)53(55,25-29-57(13,14)15)50-34-46-22-20-44(24-28-60(40(7)8,41(9)10)42(11)12)32-48(46)36-52(50)54(49,56)26-30-58(16,17)18/h19-22,31-42,55-56H,1-18H3. The molecule has 1 aliphatic carbocycles. The molecule has 2 nitrogen and oxygen atoms in total. The molecule has 6 heteroatoms. The molecule has 0 spiro atoms. The van der Waals surface area contributed by atoms with E-state index in [4.69, 9.17) is 0 Å². The molecule has 5 rings (SSSR count). The first-order valence-corrected chi connectivity index (χ1v) is 33.9. The summed E-state index contributed by atoms with van der Waals surface area (Å²) in [6.45, 7) is 41.3. The number of hydrogen-bond donors (Lipinski definition) is 2. The van der Waals surface area contributed by atoms with E-state index in [2.05, 4.69) is 205 Å². The lowest BCUT2D eigenvalue weighted by Gasteiger charge is -2.41. The van der Waals surface area contributed by atoms with Crippen LogP contribution in [-0.2, 0) is 11.2 Å². The molecule has 2 unspecified atom stereocenters. The Morgan fingerprint density at radius 2 is 0.650 bits per heavy atom. The molecule has 1 aliphatic rings. The van der Waals surface area contributed by atoms with Crippen molar-refractivity contribution in [2.45, 2.75) is 167 Å². The summed E-state index contributed by atoms with van der Waals surface area (Å²) >= 11 is 0. The van der Waals surface area contributed by atoms with Crippen LogP contribution in [0, 0.1) is 45.9 Å². The first-order chi connectivity index (χ1) is 27.6. The Morgan fingerprint density at radius 1 is 0.383 bits per heavy atom. The topological polar surface area (TPSA) is 40.5 Å². The number of fused-ring (bicyclic) bond motifs is 4. The zero-order valence-electron chi connectivity index (χ0n) is 40.1. The van der Waals surface area contributed by atoms with Gasteiger partial charge in [0.05, 0.1) is 0 Å². The minimum Gasteiger partial charge on any atom is -0.369 e. The normalized spacial score (nSPS) is 18.2. The molecule has 0 amide bonds. The fraction of sp³-hybridized carbons (Fsp3) is 0.481. The maximum atomic E-state index is 13.3. The first-order valence-electron chi connectivity index (χ1n) is 22.4. The van der Waals surface area contributed by atoms with Crippen molar-refractivity contribution in [1.29, 1.82) is 0 Å². The van der Waals surface area contributed by atoms with Crippen molar-refractivity contribution in [3.05, 3.63) is 94.0 Å². The Balaban J connectivity index is 1.85. The van der Waals surface area contributed by atoms with E-state index in [1.54, 1.807) is 0 Å².